The van der Waals surface area contributed by atoms with Crippen molar-refractivity contribution in [1.29, 1.82) is 0 Å². The lowest BCUT2D eigenvalue weighted by Crippen LogP contribution is -2.49. The molecule has 0 radical (unpaired) electrons. The van der Waals surface area contributed by atoms with Crippen LogP contribution in [0.5, 0.6) is 0 Å². The second kappa shape index (κ2) is 19.6. The maximum Gasteiger partial charge on any atom is 0.322 e. The lowest BCUT2D eigenvalue weighted by Gasteiger charge is -2.16. The van der Waals surface area contributed by atoms with Crippen LogP contribution in [0.1, 0.15) is 24.2 Å². The van der Waals surface area contributed by atoms with Crippen molar-refractivity contribution >= 4 is 68.2 Å². The van der Waals surface area contributed by atoms with Gasteiger partial charge in [-0.2, -0.15) is 12.6 Å². The summed E-state index contributed by atoms with van der Waals surface area (Å²) in [4.78, 5) is 81.1. The van der Waals surface area contributed by atoms with E-state index in [1.165, 1.54) is 12.7 Å². The van der Waals surface area contributed by atoms with Crippen molar-refractivity contribution in [3.8, 4) is 0 Å². The highest BCUT2D eigenvalue weighted by molar-refractivity contribution is 8.87. The van der Waals surface area contributed by atoms with Gasteiger partial charge in [-0.25, -0.2) is 9.97 Å². The summed E-state index contributed by atoms with van der Waals surface area (Å²) in [5.41, 5.74) is 18.2. The molecule has 20 heteroatoms. The molecule has 0 aliphatic rings. The number of nitrogens with two attached hydrogens (primary N) is 3. The Morgan fingerprint density at radius 2 is 1.38 bits per heavy atom. The fourth-order valence-corrected chi connectivity index (χ4v) is 4.85. The van der Waals surface area contributed by atoms with Gasteiger partial charge in [0.1, 0.15) is 18.6 Å². The SMILES string of the molecule is NC(Cc1c[nH]cn1)C(=O)SSC(=O)C(N)Cc1c[nH]cn1.N[C@@H](CCC(=O)N[C@@H](CS)C(=O)NCC(=O)O)C(=O)O. The summed E-state index contributed by atoms with van der Waals surface area (Å²) in [5.74, 6) is -3.70. The number of carbonyl (C=O) groups is 6. The number of carbonyl (C=O) groups excluding carboxylic acids is 4. The van der Waals surface area contributed by atoms with Crippen molar-refractivity contribution in [3.05, 3.63) is 36.4 Å². The number of aromatic amines is 2. The number of imidazole rings is 2. The number of amides is 2. The van der Waals surface area contributed by atoms with E-state index in [-0.39, 0.29) is 28.8 Å². The minimum atomic E-state index is -1.22. The van der Waals surface area contributed by atoms with Crippen LogP contribution in [0, 0.1) is 0 Å². The Balaban J connectivity index is 0.000000423. The zero-order chi connectivity index (χ0) is 31.7. The van der Waals surface area contributed by atoms with Crippen molar-refractivity contribution < 1.29 is 39.0 Å². The average Bonchev–Trinajstić information content (AvgIpc) is 3.66. The second-order valence-electron chi connectivity index (χ2n) is 8.44. The van der Waals surface area contributed by atoms with Crippen LogP contribution >= 0.6 is 34.2 Å². The van der Waals surface area contributed by atoms with Crippen molar-refractivity contribution in [2.75, 3.05) is 12.3 Å². The minimum absolute atomic E-state index is 0.0256. The van der Waals surface area contributed by atoms with E-state index in [1.54, 1.807) is 12.4 Å². The van der Waals surface area contributed by atoms with E-state index in [0.29, 0.717) is 24.2 Å². The van der Waals surface area contributed by atoms with Gasteiger partial charge in [-0.05, 0) is 28.0 Å². The number of aromatic nitrogens is 4. The smallest absolute Gasteiger partial charge is 0.322 e. The van der Waals surface area contributed by atoms with E-state index in [4.69, 9.17) is 27.4 Å². The number of hydrogen-bond acceptors (Lipinski definition) is 14. The number of carboxylic acid groups (broad SMARTS) is 2. The van der Waals surface area contributed by atoms with E-state index < -0.39 is 54.5 Å². The molecule has 0 bridgehead atoms. The predicted octanol–water partition coefficient (Wildman–Crippen LogP) is -2.20. The number of rotatable bonds is 15. The van der Waals surface area contributed by atoms with E-state index in [0.717, 1.165) is 21.6 Å². The monoisotopic (exact) mass is 647 g/mol. The van der Waals surface area contributed by atoms with Crippen molar-refractivity contribution in [1.82, 2.24) is 30.6 Å². The zero-order valence-electron chi connectivity index (χ0n) is 22.1. The molecule has 0 spiro atoms. The maximum absolute atomic E-state index is 11.9. The molecule has 2 aromatic rings. The molecule has 4 atom stereocenters. The number of nitrogens with zero attached hydrogens (tertiary/aromatic N) is 2. The molecule has 0 aliphatic carbocycles. The zero-order valence-corrected chi connectivity index (χ0v) is 24.6. The summed E-state index contributed by atoms with van der Waals surface area (Å²) in [6, 6.07) is -3.57. The normalized spacial score (nSPS) is 13.4. The molecular weight excluding hydrogens is 614 g/mol. The first-order valence-corrected chi connectivity index (χ1v) is 14.9. The molecule has 2 amide bonds. The number of thiol groups is 1. The van der Waals surface area contributed by atoms with Gasteiger partial charge in [0.2, 0.25) is 22.0 Å². The molecule has 0 aromatic carbocycles. The van der Waals surface area contributed by atoms with Crippen LogP contribution in [-0.2, 0) is 41.6 Å². The van der Waals surface area contributed by atoms with E-state index >= 15 is 0 Å². The number of carboxylic acids is 2. The Kier molecular flexibility index (Phi) is 17.1. The Hall–Kier alpha value is -3.43. The fourth-order valence-electron chi connectivity index (χ4n) is 2.78. The average molecular weight is 648 g/mol. The first kappa shape index (κ1) is 36.6. The van der Waals surface area contributed by atoms with Gasteiger partial charge in [-0.3, -0.25) is 28.8 Å². The fraction of sp³-hybridized carbons (Fsp3) is 0.455. The number of nitrogens with one attached hydrogen (secondary N) is 4. The Morgan fingerprint density at radius 1 is 0.881 bits per heavy atom. The van der Waals surface area contributed by atoms with Crippen LogP contribution in [0.2, 0.25) is 0 Å². The first-order valence-electron chi connectivity index (χ1n) is 12.1. The van der Waals surface area contributed by atoms with Gasteiger partial charge in [-0.15, -0.1) is 0 Å². The summed E-state index contributed by atoms with van der Waals surface area (Å²) in [5, 5.41) is 20.8. The third kappa shape index (κ3) is 15.0. The molecular formula is C22H33N9O8S3. The highest BCUT2D eigenvalue weighted by Crippen LogP contribution is 2.26. The highest BCUT2D eigenvalue weighted by atomic mass is 33.1. The van der Waals surface area contributed by atoms with E-state index in [9.17, 15) is 28.8 Å². The molecule has 0 saturated carbocycles. The third-order valence-corrected chi connectivity index (χ3v) is 7.65. The lowest BCUT2D eigenvalue weighted by molar-refractivity contribution is -0.139. The summed E-state index contributed by atoms with van der Waals surface area (Å²) in [6.45, 7) is -0.567. The van der Waals surface area contributed by atoms with Gasteiger partial charge in [-0.1, -0.05) is 0 Å². The van der Waals surface area contributed by atoms with Crippen molar-refractivity contribution in [3.63, 3.8) is 0 Å². The molecule has 0 saturated heterocycles. The van der Waals surface area contributed by atoms with Crippen LogP contribution in [0.25, 0.3) is 0 Å². The minimum Gasteiger partial charge on any atom is -0.480 e. The molecule has 2 unspecified atom stereocenters. The number of H-pyrrole nitrogens is 2. The third-order valence-electron chi connectivity index (χ3n) is 5.03. The molecule has 0 aliphatic heterocycles. The van der Waals surface area contributed by atoms with E-state index in [2.05, 4.69) is 43.2 Å². The Morgan fingerprint density at radius 3 is 1.76 bits per heavy atom. The Bertz CT molecular complexity index is 1110. The predicted molar refractivity (Wildman–Crippen MR) is 157 cm³/mol. The summed E-state index contributed by atoms with van der Waals surface area (Å²) >= 11 is 3.87. The Labute approximate surface area is 253 Å². The molecule has 232 valence electrons. The number of hydrogen-bond donors (Lipinski definition) is 10. The molecule has 12 N–H and O–H groups in total. The second-order valence-corrected chi connectivity index (χ2v) is 10.9. The highest BCUT2D eigenvalue weighted by Gasteiger charge is 2.22. The topological polar surface area (TPSA) is 302 Å². The van der Waals surface area contributed by atoms with Gasteiger partial charge in [0, 0.05) is 37.4 Å². The van der Waals surface area contributed by atoms with Gasteiger partial charge in [0.25, 0.3) is 0 Å². The van der Waals surface area contributed by atoms with Crippen molar-refractivity contribution in [2.24, 2.45) is 17.2 Å². The van der Waals surface area contributed by atoms with Gasteiger partial charge in [0.15, 0.2) is 0 Å². The van der Waals surface area contributed by atoms with Gasteiger partial charge in [0.05, 0.1) is 36.1 Å². The molecule has 2 heterocycles. The number of aliphatic carboxylic acids is 2. The molecule has 42 heavy (non-hydrogen) atoms. The van der Waals surface area contributed by atoms with Gasteiger partial charge >= 0.3 is 11.9 Å². The molecule has 2 aromatic heterocycles. The van der Waals surface area contributed by atoms with Crippen LogP contribution in [-0.4, -0.2) is 101 Å². The summed E-state index contributed by atoms with van der Waals surface area (Å²) in [7, 11) is 1.62. The lowest BCUT2D eigenvalue weighted by atomic mass is 10.1. The van der Waals surface area contributed by atoms with Crippen LogP contribution in [0.4, 0.5) is 0 Å². The summed E-state index contributed by atoms with van der Waals surface area (Å²) < 4.78 is 0. The van der Waals surface area contributed by atoms with Crippen LogP contribution < -0.4 is 27.8 Å². The van der Waals surface area contributed by atoms with Gasteiger partial charge < -0.3 is 48.0 Å². The van der Waals surface area contributed by atoms with Crippen LogP contribution in [0.15, 0.2) is 25.0 Å². The van der Waals surface area contributed by atoms with Crippen LogP contribution in [0.3, 0.4) is 0 Å². The largest absolute Gasteiger partial charge is 0.480 e. The van der Waals surface area contributed by atoms with E-state index in [1.807, 2.05) is 0 Å². The van der Waals surface area contributed by atoms with Crippen molar-refractivity contribution in [2.45, 2.75) is 49.9 Å². The standard InChI is InChI=1S/C12H16N6O2S2.C10H17N3O6S/c13-9(1-7-3-15-5-17-7)11(19)21-22-12(20)10(14)2-8-4-16-6-18-8;11-5(10(18)19)1-2-7(14)13-6(4-20)9(17)12-3-8(15)16/h3-6,9-10H,1-2,13-14H2,(H,15,17)(H,16,18);5-6,20H,1-4,11H2,(H,12,17)(H,13,14)(H,15,16)(H,18,19)/t;5-,6-/m.0/s1. The molecule has 17 nitrogen and oxygen atoms in total. The molecule has 0 fully saturated rings. The first-order chi connectivity index (χ1) is 19.8. The summed E-state index contributed by atoms with van der Waals surface area (Å²) in [6.07, 6.45) is 6.80. The quantitative estimate of drug-likeness (QED) is 0.0724. The molecule has 2 rings (SSSR count). The maximum atomic E-state index is 11.9.